The predicted molar refractivity (Wildman–Crippen MR) is 117 cm³/mol. The third-order valence-corrected chi connectivity index (χ3v) is 10.0. The molecule has 0 saturated heterocycles. The lowest BCUT2D eigenvalue weighted by molar-refractivity contribution is -0.142. The van der Waals surface area contributed by atoms with Gasteiger partial charge in [0, 0.05) is 12.1 Å². The SMILES string of the molecule is CCCC1C(CC)CCC2C1CCC1(C)C(C(=O)Cn3ccc(C(F)(F)F)n3)C3CC3C21. The molecule has 32 heavy (non-hydrogen) atoms. The normalized spacial score (nSPS) is 42.8. The summed E-state index contributed by atoms with van der Waals surface area (Å²) in [7, 11) is 0. The summed E-state index contributed by atoms with van der Waals surface area (Å²) in [6, 6.07) is 0.970. The molecular weight excluding hydrogens is 413 g/mol. The van der Waals surface area contributed by atoms with Gasteiger partial charge in [-0.25, -0.2) is 0 Å². The molecule has 0 N–H and O–H groups in total. The van der Waals surface area contributed by atoms with Crippen LogP contribution in [-0.4, -0.2) is 15.6 Å². The Morgan fingerprint density at radius 1 is 1.16 bits per heavy atom. The monoisotopic (exact) mass is 450 g/mol. The molecule has 9 atom stereocenters. The van der Waals surface area contributed by atoms with Crippen molar-refractivity contribution in [3.05, 3.63) is 18.0 Å². The number of hydrogen-bond acceptors (Lipinski definition) is 2. The van der Waals surface area contributed by atoms with Crippen LogP contribution in [0.25, 0.3) is 0 Å². The Bertz CT molecular complexity index is 863. The van der Waals surface area contributed by atoms with Crippen molar-refractivity contribution in [2.75, 3.05) is 0 Å². The molecule has 178 valence electrons. The number of hydrogen-bond donors (Lipinski definition) is 0. The number of Topliss-reactive ketones (excluding diaryl/α,β-unsaturated/α-hetero) is 1. The Balaban J connectivity index is 1.35. The van der Waals surface area contributed by atoms with Crippen molar-refractivity contribution in [3.8, 4) is 0 Å². The van der Waals surface area contributed by atoms with E-state index in [4.69, 9.17) is 0 Å². The Kier molecular flexibility index (Phi) is 5.52. The second kappa shape index (κ2) is 7.87. The van der Waals surface area contributed by atoms with Gasteiger partial charge in [0.25, 0.3) is 0 Å². The van der Waals surface area contributed by atoms with Crippen molar-refractivity contribution in [1.82, 2.24) is 9.78 Å². The highest BCUT2D eigenvalue weighted by atomic mass is 19.4. The number of nitrogens with zero attached hydrogens (tertiary/aromatic N) is 2. The summed E-state index contributed by atoms with van der Waals surface area (Å²) in [6.45, 7) is 6.97. The molecule has 0 amide bonds. The number of aromatic nitrogens is 2. The lowest BCUT2D eigenvalue weighted by Crippen LogP contribution is -2.50. The van der Waals surface area contributed by atoms with Crippen LogP contribution in [0.5, 0.6) is 0 Å². The van der Waals surface area contributed by atoms with Crippen LogP contribution >= 0.6 is 0 Å². The molecule has 4 aliphatic rings. The second-order valence-electron chi connectivity index (χ2n) is 11.5. The summed E-state index contributed by atoms with van der Waals surface area (Å²) in [6.07, 6.45) is 6.82. The van der Waals surface area contributed by atoms with Gasteiger partial charge in [0.2, 0.25) is 0 Å². The van der Waals surface area contributed by atoms with Crippen LogP contribution in [0.1, 0.15) is 77.8 Å². The molecule has 0 spiro atoms. The van der Waals surface area contributed by atoms with Gasteiger partial charge in [-0.05, 0) is 85.0 Å². The fourth-order valence-corrected chi connectivity index (χ4v) is 8.96. The molecule has 0 radical (unpaired) electrons. The van der Waals surface area contributed by atoms with Crippen LogP contribution in [0.3, 0.4) is 0 Å². The molecule has 3 nitrogen and oxygen atoms in total. The molecule has 4 saturated carbocycles. The minimum atomic E-state index is -4.47. The molecule has 6 heteroatoms. The van der Waals surface area contributed by atoms with E-state index in [9.17, 15) is 18.0 Å². The van der Waals surface area contributed by atoms with E-state index in [1.165, 1.54) is 49.4 Å². The second-order valence-corrected chi connectivity index (χ2v) is 11.5. The molecule has 4 fully saturated rings. The van der Waals surface area contributed by atoms with Crippen LogP contribution in [0.2, 0.25) is 0 Å². The number of halogens is 3. The first kappa shape index (κ1) is 22.5. The standard InChI is InChI=1S/C26H37F3N2O/c1-4-6-16-15(5-2)7-8-18-17(16)9-11-25(3)23(18)19-13-20(19)24(25)21(32)14-31-12-10-22(30-31)26(27,28)29/h10,12,15-20,23-24H,4-9,11,13-14H2,1-3H3. The van der Waals surface area contributed by atoms with Gasteiger partial charge in [-0.1, -0.05) is 40.0 Å². The largest absolute Gasteiger partial charge is 0.435 e. The molecule has 1 heterocycles. The molecular formula is C26H37F3N2O. The number of carbonyl (C=O) groups is 1. The van der Waals surface area contributed by atoms with Crippen LogP contribution < -0.4 is 0 Å². The van der Waals surface area contributed by atoms with Crippen molar-refractivity contribution >= 4 is 5.78 Å². The van der Waals surface area contributed by atoms with Gasteiger partial charge in [0.05, 0.1) is 6.54 Å². The summed E-state index contributed by atoms with van der Waals surface area (Å²) in [4.78, 5) is 13.5. The van der Waals surface area contributed by atoms with Gasteiger partial charge in [-0.15, -0.1) is 0 Å². The first-order chi connectivity index (χ1) is 15.2. The summed E-state index contributed by atoms with van der Waals surface area (Å²) in [5.74, 6) is 5.07. The molecule has 0 bridgehead atoms. The van der Waals surface area contributed by atoms with E-state index in [1.807, 2.05) is 0 Å². The number of rotatable bonds is 6. The van der Waals surface area contributed by atoms with Crippen molar-refractivity contribution < 1.29 is 18.0 Å². The Labute approximate surface area is 189 Å². The minimum absolute atomic E-state index is 0.00879. The van der Waals surface area contributed by atoms with E-state index in [2.05, 4.69) is 25.9 Å². The Hall–Kier alpha value is -1.33. The fourth-order valence-electron chi connectivity index (χ4n) is 8.96. The van der Waals surface area contributed by atoms with Gasteiger partial charge >= 0.3 is 6.18 Å². The van der Waals surface area contributed by atoms with E-state index in [0.29, 0.717) is 17.8 Å². The average Bonchev–Trinajstić information content (AvgIpc) is 3.21. The van der Waals surface area contributed by atoms with Gasteiger partial charge in [0.1, 0.15) is 0 Å². The van der Waals surface area contributed by atoms with Crippen LogP contribution in [0, 0.1) is 52.8 Å². The number of alkyl halides is 3. The molecule has 0 aliphatic heterocycles. The first-order valence-corrected chi connectivity index (χ1v) is 12.8. The Morgan fingerprint density at radius 2 is 1.94 bits per heavy atom. The summed E-state index contributed by atoms with van der Waals surface area (Å²) < 4.78 is 40.0. The molecule has 1 aromatic heterocycles. The first-order valence-electron chi connectivity index (χ1n) is 12.8. The van der Waals surface area contributed by atoms with Crippen molar-refractivity contribution in [1.29, 1.82) is 0 Å². The van der Waals surface area contributed by atoms with Gasteiger partial charge in [0.15, 0.2) is 11.5 Å². The average molecular weight is 451 g/mol. The lowest BCUT2D eigenvalue weighted by atomic mass is 9.49. The summed E-state index contributed by atoms with van der Waals surface area (Å²) in [5, 5.41) is 3.64. The van der Waals surface area contributed by atoms with Crippen molar-refractivity contribution in [2.24, 2.45) is 52.8 Å². The molecule has 4 aliphatic carbocycles. The maximum atomic E-state index is 13.5. The molecule has 9 unspecified atom stereocenters. The number of fused-ring (bicyclic) bond motifs is 5. The highest BCUT2D eigenvalue weighted by molar-refractivity contribution is 5.83. The van der Waals surface area contributed by atoms with Crippen molar-refractivity contribution in [3.63, 3.8) is 0 Å². The topological polar surface area (TPSA) is 34.9 Å². The maximum absolute atomic E-state index is 13.5. The quantitative estimate of drug-likeness (QED) is 0.488. The van der Waals surface area contributed by atoms with E-state index < -0.39 is 11.9 Å². The maximum Gasteiger partial charge on any atom is 0.435 e. The molecule has 0 aromatic carbocycles. The zero-order chi connectivity index (χ0) is 22.8. The fraction of sp³-hybridized carbons (Fsp3) is 0.846. The van der Waals surface area contributed by atoms with Gasteiger partial charge in [-0.3, -0.25) is 9.48 Å². The van der Waals surface area contributed by atoms with Crippen LogP contribution in [0.15, 0.2) is 12.3 Å². The van der Waals surface area contributed by atoms with Gasteiger partial charge in [-0.2, -0.15) is 18.3 Å². The smallest absolute Gasteiger partial charge is 0.297 e. The van der Waals surface area contributed by atoms with Gasteiger partial charge < -0.3 is 0 Å². The third kappa shape index (κ3) is 3.46. The highest BCUT2D eigenvalue weighted by Gasteiger charge is 2.70. The summed E-state index contributed by atoms with van der Waals surface area (Å²) >= 11 is 0. The highest BCUT2D eigenvalue weighted by Crippen LogP contribution is 2.74. The minimum Gasteiger partial charge on any atom is -0.297 e. The van der Waals surface area contributed by atoms with E-state index in [0.717, 1.165) is 42.6 Å². The predicted octanol–water partition coefficient (Wildman–Crippen LogP) is 6.62. The van der Waals surface area contributed by atoms with Crippen LogP contribution in [0.4, 0.5) is 13.2 Å². The number of ketones is 1. The lowest BCUT2D eigenvalue weighted by Gasteiger charge is -2.56. The molecule has 5 rings (SSSR count). The number of carbonyl (C=O) groups excluding carboxylic acids is 1. The Morgan fingerprint density at radius 3 is 2.59 bits per heavy atom. The summed E-state index contributed by atoms with van der Waals surface area (Å²) in [5.41, 5.74) is -0.901. The zero-order valence-corrected chi connectivity index (χ0v) is 19.6. The zero-order valence-electron chi connectivity index (χ0n) is 19.6. The van der Waals surface area contributed by atoms with E-state index in [1.54, 1.807) is 0 Å². The van der Waals surface area contributed by atoms with Crippen LogP contribution in [-0.2, 0) is 17.5 Å². The third-order valence-electron chi connectivity index (χ3n) is 10.0. The van der Waals surface area contributed by atoms with E-state index >= 15 is 0 Å². The van der Waals surface area contributed by atoms with E-state index in [-0.39, 0.29) is 23.7 Å². The van der Waals surface area contributed by atoms with Crippen molar-refractivity contribution in [2.45, 2.75) is 84.9 Å². The molecule has 1 aromatic rings.